The molecule has 0 bridgehead atoms. The zero-order chi connectivity index (χ0) is 13.2. The Labute approximate surface area is 112 Å². The first-order chi connectivity index (χ1) is 9.31. The van der Waals surface area contributed by atoms with Gasteiger partial charge in [-0.25, -0.2) is 4.98 Å². The molecule has 2 aromatic rings. The first-order valence-corrected chi connectivity index (χ1v) is 6.72. The molecular weight excluding hydrogens is 240 g/mol. The molecule has 2 heterocycles. The van der Waals surface area contributed by atoms with Gasteiger partial charge in [-0.05, 0) is 12.5 Å². The number of benzene rings is 1. The van der Waals surface area contributed by atoms with Crippen LogP contribution in [0, 0.1) is 0 Å². The molecule has 4 heteroatoms. The van der Waals surface area contributed by atoms with Crippen molar-refractivity contribution in [3.63, 3.8) is 0 Å². The molecule has 2 atom stereocenters. The van der Waals surface area contributed by atoms with Gasteiger partial charge in [0.05, 0.1) is 6.04 Å². The third-order valence-electron chi connectivity index (χ3n) is 3.59. The fourth-order valence-electron chi connectivity index (χ4n) is 2.63. The Hall–Kier alpha value is -1.81. The number of aliphatic hydroxyl groups excluding tert-OH is 1. The van der Waals surface area contributed by atoms with Crippen molar-refractivity contribution in [2.45, 2.75) is 31.9 Å². The average Bonchev–Trinajstić information content (AvgIpc) is 2.88. The van der Waals surface area contributed by atoms with Gasteiger partial charge in [0.2, 0.25) is 0 Å². The Morgan fingerprint density at radius 3 is 3.11 bits per heavy atom. The number of fused-ring (bicyclic) bond motifs is 1. The fraction of sp³-hybridized carbons (Fsp3) is 0.400. The third-order valence-corrected chi connectivity index (χ3v) is 3.59. The van der Waals surface area contributed by atoms with Crippen molar-refractivity contribution in [1.29, 1.82) is 0 Å². The summed E-state index contributed by atoms with van der Waals surface area (Å²) in [6.07, 6.45) is 5.12. The Bertz CT molecular complexity index is 565. The molecule has 19 heavy (non-hydrogen) atoms. The molecule has 100 valence electrons. The topological polar surface area (TPSA) is 47.3 Å². The van der Waals surface area contributed by atoms with Gasteiger partial charge in [-0.1, -0.05) is 25.1 Å². The summed E-state index contributed by atoms with van der Waals surface area (Å²) in [6.45, 7) is 2.60. The smallest absolute Gasteiger partial charge is 0.125 e. The van der Waals surface area contributed by atoms with Crippen LogP contribution in [0.2, 0.25) is 0 Å². The molecule has 1 aromatic heterocycles. The van der Waals surface area contributed by atoms with Crippen LogP contribution in [0.15, 0.2) is 36.7 Å². The van der Waals surface area contributed by atoms with Crippen LogP contribution < -0.4 is 4.74 Å². The minimum Gasteiger partial charge on any atom is -0.491 e. The lowest BCUT2D eigenvalue weighted by atomic mass is 9.99. The third kappa shape index (κ3) is 2.12. The molecule has 3 rings (SSSR count). The number of aliphatic hydroxyl groups is 1. The average molecular weight is 258 g/mol. The summed E-state index contributed by atoms with van der Waals surface area (Å²) in [5.41, 5.74) is 0.856. The molecule has 0 radical (unpaired) electrons. The van der Waals surface area contributed by atoms with Gasteiger partial charge in [-0.2, -0.15) is 0 Å². The summed E-state index contributed by atoms with van der Waals surface area (Å²) >= 11 is 0. The molecule has 0 saturated carbocycles. The van der Waals surface area contributed by atoms with E-state index in [-0.39, 0.29) is 6.04 Å². The van der Waals surface area contributed by atoms with Crippen molar-refractivity contribution in [3.8, 4) is 5.75 Å². The van der Waals surface area contributed by atoms with E-state index in [1.807, 2.05) is 35.0 Å². The van der Waals surface area contributed by atoms with E-state index in [0.29, 0.717) is 6.61 Å². The Morgan fingerprint density at radius 2 is 2.26 bits per heavy atom. The van der Waals surface area contributed by atoms with Crippen molar-refractivity contribution in [2.24, 2.45) is 0 Å². The zero-order valence-electron chi connectivity index (χ0n) is 11.0. The van der Waals surface area contributed by atoms with Crippen LogP contribution in [0.25, 0.3) is 0 Å². The van der Waals surface area contributed by atoms with Gasteiger partial charge in [-0.3, -0.25) is 0 Å². The van der Waals surface area contributed by atoms with Crippen LogP contribution in [0.5, 0.6) is 5.75 Å². The molecule has 0 saturated heterocycles. The van der Waals surface area contributed by atoms with Crippen LogP contribution in [0.4, 0.5) is 0 Å². The maximum Gasteiger partial charge on any atom is 0.125 e. The highest BCUT2D eigenvalue weighted by atomic mass is 16.5. The predicted octanol–water partition coefficient (Wildman–Crippen LogP) is 2.50. The monoisotopic (exact) mass is 258 g/mol. The molecule has 1 aliphatic rings. The number of aromatic nitrogens is 2. The first kappa shape index (κ1) is 12.2. The number of nitrogens with zero attached hydrogens (tertiary/aromatic N) is 2. The number of hydrogen-bond acceptors (Lipinski definition) is 3. The second-order valence-electron chi connectivity index (χ2n) is 4.86. The van der Waals surface area contributed by atoms with Gasteiger partial charge >= 0.3 is 0 Å². The van der Waals surface area contributed by atoms with Gasteiger partial charge < -0.3 is 14.4 Å². The molecule has 0 amide bonds. The maximum atomic E-state index is 10.6. The first-order valence-electron chi connectivity index (χ1n) is 6.72. The molecule has 0 fully saturated rings. The lowest BCUT2D eigenvalue weighted by molar-refractivity contribution is 0.0554. The van der Waals surface area contributed by atoms with Crippen molar-refractivity contribution in [3.05, 3.63) is 48.0 Å². The van der Waals surface area contributed by atoms with E-state index in [4.69, 9.17) is 4.74 Å². The molecule has 4 nitrogen and oxygen atoms in total. The number of para-hydroxylation sites is 1. The molecule has 1 N–H and O–H groups in total. The van der Waals surface area contributed by atoms with E-state index >= 15 is 0 Å². The number of rotatable bonds is 3. The predicted molar refractivity (Wildman–Crippen MR) is 72.2 cm³/mol. The van der Waals surface area contributed by atoms with Gasteiger partial charge in [0.25, 0.3) is 0 Å². The van der Waals surface area contributed by atoms with Gasteiger partial charge in [-0.15, -0.1) is 0 Å². The van der Waals surface area contributed by atoms with Crippen LogP contribution in [-0.2, 0) is 6.42 Å². The number of hydrogen-bond donors (Lipinski definition) is 1. The van der Waals surface area contributed by atoms with Gasteiger partial charge in [0.1, 0.15) is 24.3 Å². The maximum absolute atomic E-state index is 10.6. The van der Waals surface area contributed by atoms with E-state index < -0.39 is 6.10 Å². The van der Waals surface area contributed by atoms with Crippen LogP contribution in [0.3, 0.4) is 0 Å². The fourth-order valence-corrected chi connectivity index (χ4v) is 2.63. The number of imidazole rings is 1. The van der Waals surface area contributed by atoms with Crippen molar-refractivity contribution >= 4 is 0 Å². The summed E-state index contributed by atoms with van der Waals surface area (Å²) < 4.78 is 7.80. The van der Waals surface area contributed by atoms with Crippen LogP contribution in [0.1, 0.15) is 36.9 Å². The SMILES string of the molecule is CCCc1nccn1C1COc2ccccc2C1O. The zero-order valence-corrected chi connectivity index (χ0v) is 11.0. The highest BCUT2D eigenvalue weighted by molar-refractivity contribution is 5.37. The molecular formula is C15H18N2O2. The second-order valence-corrected chi connectivity index (χ2v) is 4.86. The lowest BCUT2D eigenvalue weighted by Gasteiger charge is -2.32. The number of ether oxygens (including phenoxy) is 1. The van der Waals surface area contributed by atoms with E-state index in [1.54, 1.807) is 6.20 Å². The minimum absolute atomic E-state index is 0.0982. The summed E-state index contributed by atoms with van der Waals surface area (Å²) in [5, 5.41) is 10.6. The summed E-state index contributed by atoms with van der Waals surface area (Å²) in [4.78, 5) is 4.37. The van der Waals surface area contributed by atoms with Gasteiger partial charge in [0, 0.05) is 24.4 Å². The molecule has 1 aliphatic heterocycles. The Kier molecular flexibility index (Phi) is 3.25. The van der Waals surface area contributed by atoms with Crippen molar-refractivity contribution < 1.29 is 9.84 Å². The summed E-state index contributed by atoms with van der Waals surface area (Å²) in [6, 6.07) is 7.57. The van der Waals surface area contributed by atoms with Crippen LogP contribution in [-0.4, -0.2) is 21.3 Å². The van der Waals surface area contributed by atoms with Crippen molar-refractivity contribution in [1.82, 2.24) is 9.55 Å². The highest BCUT2D eigenvalue weighted by Crippen LogP contribution is 2.37. The van der Waals surface area contributed by atoms with E-state index in [1.165, 1.54) is 0 Å². The lowest BCUT2D eigenvalue weighted by Crippen LogP contribution is -2.29. The van der Waals surface area contributed by atoms with Crippen LogP contribution >= 0.6 is 0 Å². The summed E-state index contributed by atoms with van der Waals surface area (Å²) in [5.74, 6) is 1.79. The molecule has 2 unspecified atom stereocenters. The molecule has 0 spiro atoms. The number of aryl methyl sites for hydroxylation is 1. The van der Waals surface area contributed by atoms with Gasteiger partial charge in [0.15, 0.2) is 0 Å². The normalized spacial score (nSPS) is 21.8. The van der Waals surface area contributed by atoms with E-state index in [0.717, 1.165) is 30.0 Å². The standard InChI is InChI=1S/C15H18N2O2/c1-2-5-14-16-8-9-17(14)12-10-19-13-7-4-3-6-11(13)15(12)18/h3-4,6-9,12,15,18H,2,5,10H2,1H3. The van der Waals surface area contributed by atoms with E-state index in [2.05, 4.69) is 11.9 Å². The highest BCUT2D eigenvalue weighted by Gasteiger charge is 2.31. The second kappa shape index (κ2) is 5.05. The minimum atomic E-state index is -0.547. The Balaban J connectivity index is 1.93. The summed E-state index contributed by atoms with van der Waals surface area (Å²) in [7, 11) is 0. The quantitative estimate of drug-likeness (QED) is 0.920. The largest absolute Gasteiger partial charge is 0.491 e. The van der Waals surface area contributed by atoms with E-state index in [9.17, 15) is 5.11 Å². The Morgan fingerprint density at radius 1 is 1.42 bits per heavy atom. The molecule has 1 aromatic carbocycles. The molecule has 0 aliphatic carbocycles. The van der Waals surface area contributed by atoms with Crippen molar-refractivity contribution in [2.75, 3.05) is 6.61 Å².